The van der Waals surface area contributed by atoms with E-state index in [2.05, 4.69) is 55.3 Å². The minimum atomic E-state index is 0.245. The first-order chi connectivity index (χ1) is 10.0. The molecule has 1 saturated heterocycles. The van der Waals surface area contributed by atoms with Crippen molar-refractivity contribution >= 4 is 0 Å². The molecule has 4 atom stereocenters. The van der Waals surface area contributed by atoms with Crippen molar-refractivity contribution < 1.29 is 0 Å². The van der Waals surface area contributed by atoms with E-state index in [0.29, 0.717) is 0 Å². The Labute approximate surface area is 130 Å². The summed E-state index contributed by atoms with van der Waals surface area (Å²) in [7, 11) is 0. The quantitative estimate of drug-likeness (QED) is 0.850. The summed E-state index contributed by atoms with van der Waals surface area (Å²) in [5, 5.41) is 3.67. The second kappa shape index (κ2) is 6.26. The van der Waals surface area contributed by atoms with E-state index in [1.807, 2.05) is 0 Å². The highest BCUT2D eigenvalue weighted by atomic mass is 15.2. The summed E-state index contributed by atoms with van der Waals surface area (Å²) in [5.41, 5.74) is 0.245. The number of hydrogen-bond acceptors (Lipinski definition) is 2. The van der Waals surface area contributed by atoms with Crippen molar-refractivity contribution in [1.29, 1.82) is 0 Å². The first kappa shape index (κ1) is 15.3. The van der Waals surface area contributed by atoms with Crippen LogP contribution in [0, 0.1) is 17.8 Å². The highest BCUT2D eigenvalue weighted by Crippen LogP contribution is 2.45. The van der Waals surface area contributed by atoms with Gasteiger partial charge in [0, 0.05) is 11.6 Å². The highest BCUT2D eigenvalue weighted by Gasteiger charge is 2.43. The SMILES string of the molecule is CC(C)(C)NCCC1CC(N2CCCC2)C2C=CC=CC12. The summed E-state index contributed by atoms with van der Waals surface area (Å²) in [6.07, 6.45) is 15.1. The molecule has 2 aliphatic carbocycles. The summed E-state index contributed by atoms with van der Waals surface area (Å²) in [6.45, 7) is 10.6. The number of likely N-dealkylation sites (tertiary alicyclic amines) is 1. The third-order valence-corrected chi connectivity index (χ3v) is 5.54. The van der Waals surface area contributed by atoms with E-state index in [9.17, 15) is 0 Å². The van der Waals surface area contributed by atoms with Crippen molar-refractivity contribution in [2.45, 2.75) is 58.0 Å². The van der Waals surface area contributed by atoms with E-state index in [1.54, 1.807) is 0 Å². The van der Waals surface area contributed by atoms with Gasteiger partial charge in [-0.05, 0) is 83.8 Å². The van der Waals surface area contributed by atoms with E-state index >= 15 is 0 Å². The number of rotatable bonds is 4. The van der Waals surface area contributed by atoms with Crippen LogP contribution in [0.5, 0.6) is 0 Å². The summed E-state index contributed by atoms with van der Waals surface area (Å²) in [6, 6.07) is 0.804. The van der Waals surface area contributed by atoms with Gasteiger partial charge in [-0.3, -0.25) is 4.90 Å². The van der Waals surface area contributed by atoms with Crippen LogP contribution in [0.1, 0.15) is 46.5 Å². The minimum Gasteiger partial charge on any atom is -0.312 e. The van der Waals surface area contributed by atoms with Gasteiger partial charge in [-0.25, -0.2) is 0 Å². The number of fused-ring (bicyclic) bond motifs is 1. The molecule has 3 rings (SSSR count). The second-order valence-corrected chi connectivity index (χ2v) is 8.20. The lowest BCUT2D eigenvalue weighted by molar-refractivity contribution is 0.209. The van der Waals surface area contributed by atoms with Crippen LogP contribution < -0.4 is 5.32 Å². The Hall–Kier alpha value is -0.600. The molecule has 0 aromatic heterocycles. The Morgan fingerprint density at radius 2 is 1.71 bits per heavy atom. The molecule has 1 heterocycles. The molecule has 3 aliphatic rings. The largest absolute Gasteiger partial charge is 0.312 e. The molecule has 1 aliphatic heterocycles. The van der Waals surface area contributed by atoms with Crippen molar-refractivity contribution in [2.24, 2.45) is 17.8 Å². The zero-order chi connectivity index (χ0) is 14.9. The van der Waals surface area contributed by atoms with Gasteiger partial charge in [0.25, 0.3) is 0 Å². The number of hydrogen-bond donors (Lipinski definition) is 1. The van der Waals surface area contributed by atoms with Gasteiger partial charge in [0.05, 0.1) is 0 Å². The number of allylic oxidation sites excluding steroid dienone is 3. The van der Waals surface area contributed by atoms with E-state index in [-0.39, 0.29) is 5.54 Å². The Balaban J connectivity index is 1.62. The van der Waals surface area contributed by atoms with Crippen LogP contribution in [0.15, 0.2) is 24.3 Å². The zero-order valence-electron chi connectivity index (χ0n) is 14.0. The maximum absolute atomic E-state index is 3.67. The lowest BCUT2D eigenvalue weighted by atomic mass is 9.84. The fraction of sp³-hybridized carbons (Fsp3) is 0.789. The van der Waals surface area contributed by atoms with Gasteiger partial charge in [-0.15, -0.1) is 0 Å². The summed E-state index contributed by atoms with van der Waals surface area (Å²) >= 11 is 0. The van der Waals surface area contributed by atoms with Crippen molar-refractivity contribution in [3.63, 3.8) is 0 Å². The average molecular weight is 288 g/mol. The van der Waals surface area contributed by atoms with Gasteiger partial charge in [0.1, 0.15) is 0 Å². The van der Waals surface area contributed by atoms with E-state index in [4.69, 9.17) is 0 Å². The molecule has 0 spiro atoms. The summed E-state index contributed by atoms with van der Waals surface area (Å²) < 4.78 is 0. The molecular formula is C19H32N2. The lowest BCUT2D eigenvalue weighted by Crippen LogP contribution is -2.37. The third kappa shape index (κ3) is 3.60. The average Bonchev–Trinajstić information content (AvgIpc) is 3.05. The van der Waals surface area contributed by atoms with Crippen LogP contribution in [0.2, 0.25) is 0 Å². The van der Waals surface area contributed by atoms with Crippen molar-refractivity contribution in [3.8, 4) is 0 Å². The molecule has 21 heavy (non-hydrogen) atoms. The maximum atomic E-state index is 3.67. The van der Waals surface area contributed by atoms with Gasteiger partial charge in [0.15, 0.2) is 0 Å². The van der Waals surface area contributed by atoms with E-state index in [0.717, 1.165) is 30.3 Å². The Kier molecular flexibility index (Phi) is 4.56. The lowest BCUT2D eigenvalue weighted by Gasteiger charge is -2.30. The van der Waals surface area contributed by atoms with E-state index in [1.165, 1.54) is 38.8 Å². The van der Waals surface area contributed by atoms with Crippen LogP contribution in [0.4, 0.5) is 0 Å². The van der Waals surface area contributed by atoms with Crippen molar-refractivity contribution in [1.82, 2.24) is 10.2 Å². The molecule has 1 N–H and O–H groups in total. The summed E-state index contributed by atoms with van der Waals surface area (Å²) in [4.78, 5) is 2.78. The minimum absolute atomic E-state index is 0.245. The molecule has 2 heteroatoms. The first-order valence-corrected chi connectivity index (χ1v) is 8.89. The van der Waals surface area contributed by atoms with Gasteiger partial charge >= 0.3 is 0 Å². The smallest absolute Gasteiger partial charge is 0.0167 e. The zero-order valence-corrected chi connectivity index (χ0v) is 14.0. The Morgan fingerprint density at radius 1 is 1.05 bits per heavy atom. The van der Waals surface area contributed by atoms with Crippen LogP contribution in [-0.4, -0.2) is 36.1 Å². The van der Waals surface area contributed by atoms with Crippen LogP contribution in [0.3, 0.4) is 0 Å². The second-order valence-electron chi connectivity index (χ2n) is 8.20. The molecule has 118 valence electrons. The maximum Gasteiger partial charge on any atom is 0.0167 e. The van der Waals surface area contributed by atoms with Gasteiger partial charge < -0.3 is 5.32 Å². The van der Waals surface area contributed by atoms with Crippen molar-refractivity contribution in [2.75, 3.05) is 19.6 Å². The molecule has 2 nitrogen and oxygen atoms in total. The molecule has 0 radical (unpaired) electrons. The standard InChI is InChI=1S/C19H32N2/c1-19(2,3)20-11-10-15-14-18(21-12-6-7-13-21)17-9-5-4-8-16(15)17/h4-5,8-9,15-18,20H,6-7,10-14H2,1-3H3. The van der Waals surface area contributed by atoms with Crippen molar-refractivity contribution in [3.05, 3.63) is 24.3 Å². The molecule has 0 aromatic carbocycles. The van der Waals surface area contributed by atoms with Crippen LogP contribution in [0.25, 0.3) is 0 Å². The highest BCUT2D eigenvalue weighted by molar-refractivity contribution is 5.20. The molecule has 0 aromatic rings. The Bertz CT molecular complexity index is 398. The summed E-state index contributed by atoms with van der Waals surface area (Å²) in [5.74, 6) is 2.41. The molecule has 0 amide bonds. The third-order valence-electron chi connectivity index (χ3n) is 5.54. The monoisotopic (exact) mass is 288 g/mol. The molecule has 1 saturated carbocycles. The fourth-order valence-corrected chi connectivity index (χ4v) is 4.53. The van der Waals surface area contributed by atoms with Gasteiger partial charge in [-0.2, -0.15) is 0 Å². The molecule has 0 bridgehead atoms. The molecular weight excluding hydrogens is 256 g/mol. The topological polar surface area (TPSA) is 15.3 Å². The number of nitrogens with zero attached hydrogens (tertiary/aromatic N) is 1. The van der Waals surface area contributed by atoms with Gasteiger partial charge in [-0.1, -0.05) is 24.3 Å². The number of nitrogens with one attached hydrogen (secondary N) is 1. The first-order valence-electron chi connectivity index (χ1n) is 8.89. The Morgan fingerprint density at radius 3 is 2.38 bits per heavy atom. The predicted octanol–water partition coefficient (Wildman–Crippen LogP) is 3.61. The van der Waals surface area contributed by atoms with Gasteiger partial charge in [0.2, 0.25) is 0 Å². The predicted molar refractivity (Wildman–Crippen MR) is 90.3 cm³/mol. The fourth-order valence-electron chi connectivity index (χ4n) is 4.53. The van der Waals surface area contributed by atoms with Crippen LogP contribution in [-0.2, 0) is 0 Å². The molecule has 4 unspecified atom stereocenters. The van der Waals surface area contributed by atoms with Crippen LogP contribution >= 0.6 is 0 Å². The molecule has 2 fully saturated rings. The van der Waals surface area contributed by atoms with E-state index < -0.39 is 0 Å². The normalized spacial score (nSPS) is 36.3.